The van der Waals surface area contributed by atoms with Crippen LogP contribution < -0.4 is 4.74 Å². The zero-order valence-electron chi connectivity index (χ0n) is 18.3. The summed E-state index contributed by atoms with van der Waals surface area (Å²) in [6.45, 7) is 7.44. The fourth-order valence-electron chi connectivity index (χ4n) is 4.66. The number of para-hydroxylation sites is 1. The summed E-state index contributed by atoms with van der Waals surface area (Å²) < 4.78 is 38.6. The molecule has 3 heterocycles. The lowest BCUT2D eigenvalue weighted by Gasteiger charge is -2.39. The van der Waals surface area contributed by atoms with Gasteiger partial charge in [0.15, 0.2) is 12.4 Å². The summed E-state index contributed by atoms with van der Waals surface area (Å²) in [5, 5.41) is 3.80. The summed E-state index contributed by atoms with van der Waals surface area (Å²) in [7, 11) is -3.63. The number of ether oxygens (including phenoxy) is 1. The highest BCUT2D eigenvalue weighted by Crippen LogP contribution is 2.42. The van der Waals surface area contributed by atoms with Crippen molar-refractivity contribution >= 4 is 15.9 Å². The number of hydrogen-bond acceptors (Lipinski definition) is 6. The van der Waals surface area contributed by atoms with Gasteiger partial charge in [0, 0.05) is 26.2 Å². The Hall–Kier alpha value is -2.39. The van der Waals surface area contributed by atoms with Gasteiger partial charge in [-0.25, -0.2) is 8.42 Å². The van der Waals surface area contributed by atoms with Crippen LogP contribution in [0, 0.1) is 26.2 Å². The molecule has 8 nitrogen and oxygen atoms in total. The van der Waals surface area contributed by atoms with Crippen LogP contribution in [0.15, 0.2) is 33.7 Å². The Morgan fingerprint density at radius 2 is 1.81 bits per heavy atom. The molecule has 1 amide bonds. The molecule has 2 aromatic rings. The minimum atomic E-state index is -3.63. The zero-order valence-corrected chi connectivity index (χ0v) is 19.1. The van der Waals surface area contributed by atoms with E-state index in [2.05, 4.69) is 5.16 Å². The number of piperidine rings is 1. The molecule has 2 fully saturated rings. The number of hydrogen-bond donors (Lipinski definition) is 0. The lowest BCUT2D eigenvalue weighted by Crippen LogP contribution is -2.46. The number of aryl methyl sites for hydroxylation is 3. The van der Waals surface area contributed by atoms with Gasteiger partial charge in [-0.2, -0.15) is 4.31 Å². The van der Waals surface area contributed by atoms with E-state index in [1.165, 1.54) is 0 Å². The molecule has 0 N–H and O–H groups in total. The van der Waals surface area contributed by atoms with Crippen LogP contribution >= 0.6 is 0 Å². The first-order valence-electron chi connectivity index (χ1n) is 10.6. The number of sulfonamides is 1. The maximum atomic E-state index is 13.1. The fraction of sp³-hybridized carbons (Fsp3) is 0.545. The number of nitrogens with zero attached hydrogens (tertiary/aromatic N) is 3. The molecular formula is C22H29N3O5S. The smallest absolute Gasteiger partial charge is 0.260 e. The summed E-state index contributed by atoms with van der Waals surface area (Å²) in [6.07, 6.45) is 2.38. The van der Waals surface area contributed by atoms with Crippen molar-refractivity contribution in [2.75, 3.05) is 32.8 Å². The number of aromatic nitrogens is 1. The Labute approximate surface area is 183 Å². The van der Waals surface area contributed by atoms with Gasteiger partial charge in [-0.15, -0.1) is 0 Å². The minimum absolute atomic E-state index is 0.0183. The van der Waals surface area contributed by atoms with Gasteiger partial charge in [-0.3, -0.25) is 4.79 Å². The van der Waals surface area contributed by atoms with E-state index in [1.807, 2.05) is 36.1 Å². The van der Waals surface area contributed by atoms with Crippen molar-refractivity contribution in [3.05, 3.63) is 41.3 Å². The average Bonchev–Trinajstić information content (AvgIpc) is 3.31. The van der Waals surface area contributed by atoms with E-state index in [9.17, 15) is 13.2 Å². The topological polar surface area (TPSA) is 93.0 Å². The third kappa shape index (κ3) is 4.21. The Bertz CT molecular complexity index is 1050. The van der Waals surface area contributed by atoms with Crippen LogP contribution in [0.25, 0.3) is 0 Å². The highest BCUT2D eigenvalue weighted by Gasteiger charge is 2.46. The molecule has 0 aliphatic carbocycles. The summed E-state index contributed by atoms with van der Waals surface area (Å²) in [4.78, 5) is 14.6. The summed E-state index contributed by atoms with van der Waals surface area (Å²) >= 11 is 0. The van der Waals surface area contributed by atoms with Crippen LogP contribution in [-0.2, 0) is 14.8 Å². The highest BCUT2D eigenvalue weighted by atomic mass is 32.2. The van der Waals surface area contributed by atoms with Crippen LogP contribution in [0.5, 0.6) is 5.75 Å². The van der Waals surface area contributed by atoms with Gasteiger partial charge in [0.25, 0.3) is 5.91 Å². The fourth-order valence-corrected chi connectivity index (χ4v) is 6.50. The van der Waals surface area contributed by atoms with Crippen LogP contribution in [0.1, 0.15) is 36.3 Å². The van der Waals surface area contributed by atoms with Gasteiger partial charge in [0.05, 0.1) is 0 Å². The standard InChI is InChI=1S/C22H29N3O5S/c1-16-6-4-5-7-19(16)29-14-20(26)24-11-8-22(9-12-24)10-13-25(15-22)31(27,28)21-17(2)23-30-18(21)3/h4-7H,8-15H2,1-3H3. The second kappa shape index (κ2) is 8.27. The van der Waals surface area contributed by atoms with Gasteiger partial charge in [0.2, 0.25) is 10.0 Å². The molecule has 0 unspecified atom stereocenters. The van der Waals surface area contributed by atoms with Gasteiger partial charge in [-0.05, 0) is 57.1 Å². The number of benzene rings is 1. The molecule has 1 aromatic carbocycles. The Morgan fingerprint density at radius 1 is 1.13 bits per heavy atom. The van der Waals surface area contributed by atoms with Gasteiger partial charge >= 0.3 is 0 Å². The van der Waals surface area contributed by atoms with E-state index in [4.69, 9.17) is 9.26 Å². The maximum Gasteiger partial charge on any atom is 0.260 e. The quantitative estimate of drug-likeness (QED) is 0.700. The second-order valence-corrected chi connectivity index (χ2v) is 10.6. The second-order valence-electron chi connectivity index (χ2n) is 8.68. The summed E-state index contributed by atoms with van der Waals surface area (Å²) in [5.74, 6) is 1.02. The highest BCUT2D eigenvalue weighted by molar-refractivity contribution is 7.89. The van der Waals surface area contributed by atoms with E-state index < -0.39 is 10.0 Å². The number of amides is 1. The molecule has 9 heteroatoms. The Balaban J connectivity index is 1.34. The van der Waals surface area contributed by atoms with E-state index in [0.717, 1.165) is 30.6 Å². The minimum Gasteiger partial charge on any atom is -0.484 e. The predicted molar refractivity (Wildman–Crippen MR) is 114 cm³/mol. The van der Waals surface area contributed by atoms with Crippen LogP contribution in [0.4, 0.5) is 0 Å². The van der Waals surface area contributed by atoms with Crippen molar-refractivity contribution < 1.29 is 22.5 Å². The number of rotatable bonds is 5. The molecule has 2 saturated heterocycles. The van der Waals surface area contributed by atoms with Gasteiger partial charge in [-0.1, -0.05) is 23.4 Å². The molecule has 1 spiro atoms. The lowest BCUT2D eigenvalue weighted by molar-refractivity contribution is -0.135. The van der Waals surface area contributed by atoms with E-state index >= 15 is 0 Å². The molecule has 2 aliphatic heterocycles. The SMILES string of the molecule is Cc1ccccc1OCC(=O)N1CCC2(CC1)CCN(S(=O)(=O)c1c(C)noc1C)C2. The van der Waals surface area contributed by atoms with Crippen molar-refractivity contribution in [1.29, 1.82) is 0 Å². The molecule has 168 valence electrons. The van der Waals surface area contributed by atoms with Crippen LogP contribution in [0.3, 0.4) is 0 Å². The Morgan fingerprint density at radius 3 is 2.45 bits per heavy atom. The first-order valence-corrected chi connectivity index (χ1v) is 12.1. The first kappa shape index (κ1) is 21.8. The normalized spacial score (nSPS) is 19.1. The largest absolute Gasteiger partial charge is 0.484 e. The van der Waals surface area contributed by atoms with Crippen molar-refractivity contribution in [2.45, 2.75) is 44.9 Å². The first-order chi connectivity index (χ1) is 14.7. The van der Waals surface area contributed by atoms with E-state index in [0.29, 0.717) is 37.6 Å². The molecular weight excluding hydrogens is 418 g/mol. The van der Waals surface area contributed by atoms with Crippen LogP contribution in [0.2, 0.25) is 0 Å². The molecule has 31 heavy (non-hydrogen) atoms. The molecule has 0 radical (unpaired) electrons. The zero-order chi connectivity index (χ0) is 22.2. The predicted octanol–water partition coefficient (Wildman–Crippen LogP) is 2.68. The number of carbonyl (C=O) groups is 1. The lowest BCUT2D eigenvalue weighted by atomic mass is 9.78. The Kier molecular flexibility index (Phi) is 5.83. The van der Waals surface area contributed by atoms with Crippen molar-refractivity contribution in [2.24, 2.45) is 5.41 Å². The van der Waals surface area contributed by atoms with Crippen molar-refractivity contribution in [1.82, 2.24) is 14.4 Å². The number of likely N-dealkylation sites (tertiary alicyclic amines) is 1. The molecule has 1 aromatic heterocycles. The van der Waals surface area contributed by atoms with Gasteiger partial charge < -0.3 is 14.2 Å². The van der Waals surface area contributed by atoms with Crippen molar-refractivity contribution in [3.8, 4) is 5.75 Å². The maximum absolute atomic E-state index is 13.1. The van der Waals surface area contributed by atoms with Crippen LogP contribution in [-0.4, -0.2) is 61.5 Å². The summed E-state index contributed by atoms with van der Waals surface area (Å²) in [6, 6.07) is 7.64. The summed E-state index contributed by atoms with van der Waals surface area (Å²) in [5.41, 5.74) is 1.31. The van der Waals surface area contributed by atoms with Gasteiger partial charge in [0.1, 0.15) is 16.3 Å². The molecule has 0 bridgehead atoms. The molecule has 4 rings (SSSR count). The third-order valence-corrected chi connectivity index (χ3v) is 8.68. The van der Waals surface area contributed by atoms with E-state index in [-0.39, 0.29) is 22.8 Å². The molecule has 0 atom stereocenters. The number of carbonyl (C=O) groups excluding carboxylic acids is 1. The molecule has 0 saturated carbocycles. The molecule has 2 aliphatic rings. The van der Waals surface area contributed by atoms with E-state index in [1.54, 1.807) is 18.2 Å². The third-order valence-electron chi connectivity index (χ3n) is 6.59. The van der Waals surface area contributed by atoms with Crippen molar-refractivity contribution in [3.63, 3.8) is 0 Å². The monoisotopic (exact) mass is 447 g/mol. The average molecular weight is 448 g/mol.